The van der Waals surface area contributed by atoms with Crippen LogP contribution in [0.5, 0.6) is 29.0 Å². The van der Waals surface area contributed by atoms with Crippen molar-refractivity contribution in [2.75, 3.05) is 19.5 Å². The van der Waals surface area contributed by atoms with E-state index in [-0.39, 0.29) is 23.7 Å². The molecule has 0 unspecified atom stereocenters. The lowest BCUT2D eigenvalue weighted by atomic mass is 10.2. The third-order valence-electron chi connectivity index (χ3n) is 4.15. The van der Waals surface area contributed by atoms with E-state index in [0.29, 0.717) is 5.75 Å². The number of nitrogens with zero attached hydrogens (tertiary/aromatic N) is 4. The highest BCUT2D eigenvalue weighted by molar-refractivity contribution is 7.90. The maximum Gasteiger partial charge on any atom is 0.392 e. The van der Waals surface area contributed by atoms with Crippen LogP contribution in [0.25, 0.3) is 0 Å². The summed E-state index contributed by atoms with van der Waals surface area (Å²) in [5.41, 5.74) is -0.864. The minimum Gasteiger partial charge on any atom is -0.463 e. The molecule has 0 saturated heterocycles. The van der Waals surface area contributed by atoms with Gasteiger partial charge in [-0.2, -0.15) is 15.2 Å². The first-order valence-corrected chi connectivity index (χ1v) is 12.0. The van der Waals surface area contributed by atoms with Gasteiger partial charge in [0.25, 0.3) is 5.16 Å². The van der Waals surface area contributed by atoms with E-state index in [4.69, 9.17) is 18.9 Å². The summed E-state index contributed by atoms with van der Waals surface area (Å²) in [6, 6.07) is 14.5. The number of esters is 1. The SMILES string of the molecule is CCOC(=O)COc1nc(S(C)(=O)=O)nc(Oc2cc(C#N)cc(Oc3ccccc3)c2)c1[N+](=O)[O-]. The van der Waals surface area contributed by atoms with Crippen LogP contribution in [0.15, 0.2) is 53.7 Å². The van der Waals surface area contributed by atoms with E-state index in [1.54, 1.807) is 37.3 Å². The molecule has 0 atom stereocenters. The highest BCUT2D eigenvalue weighted by Crippen LogP contribution is 2.38. The summed E-state index contributed by atoms with van der Waals surface area (Å²) in [5.74, 6) is -2.00. The first-order valence-electron chi connectivity index (χ1n) is 10.1. The second kappa shape index (κ2) is 11.1. The Morgan fingerprint density at radius 1 is 1.06 bits per heavy atom. The molecule has 3 aromatic rings. The molecule has 1 heterocycles. The van der Waals surface area contributed by atoms with Crippen molar-refractivity contribution in [3.63, 3.8) is 0 Å². The van der Waals surface area contributed by atoms with Crippen LogP contribution in [-0.2, 0) is 19.4 Å². The van der Waals surface area contributed by atoms with E-state index in [2.05, 4.69) is 9.97 Å². The van der Waals surface area contributed by atoms with Gasteiger partial charge in [0.1, 0.15) is 17.2 Å². The smallest absolute Gasteiger partial charge is 0.392 e. The van der Waals surface area contributed by atoms with Gasteiger partial charge in [-0.1, -0.05) is 18.2 Å². The van der Waals surface area contributed by atoms with Crippen LogP contribution in [0, 0.1) is 21.4 Å². The Morgan fingerprint density at radius 2 is 1.69 bits per heavy atom. The number of nitriles is 1. The molecule has 0 aliphatic carbocycles. The number of hydrogen-bond acceptors (Lipinski definition) is 12. The molecule has 13 nitrogen and oxygen atoms in total. The van der Waals surface area contributed by atoms with Crippen molar-refractivity contribution >= 4 is 21.5 Å². The number of rotatable bonds is 10. The van der Waals surface area contributed by atoms with Crippen LogP contribution in [-0.4, -0.2) is 48.7 Å². The molecule has 3 rings (SSSR count). The van der Waals surface area contributed by atoms with Crippen molar-refractivity contribution < 1.29 is 37.1 Å². The van der Waals surface area contributed by atoms with Crippen molar-refractivity contribution in [2.45, 2.75) is 12.1 Å². The fourth-order valence-corrected chi connectivity index (χ4v) is 3.21. The van der Waals surface area contributed by atoms with Crippen LogP contribution in [0.3, 0.4) is 0 Å². The fraction of sp³-hybridized carbons (Fsp3) is 0.182. The van der Waals surface area contributed by atoms with E-state index in [0.717, 1.165) is 6.26 Å². The molecule has 36 heavy (non-hydrogen) atoms. The molecule has 0 aliphatic rings. The minimum atomic E-state index is -4.09. The summed E-state index contributed by atoms with van der Waals surface area (Å²) in [6.45, 7) is 0.789. The van der Waals surface area contributed by atoms with Crippen LogP contribution in [0.2, 0.25) is 0 Å². The Kier molecular flexibility index (Phi) is 7.97. The maximum atomic E-state index is 12.1. The lowest BCUT2D eigenvalue weighted by Gasteiger charge is -2.12. The van der Waals surface area contributed by atoms with Crippen molar-refractivity contribution in [3.05, 3.63) is 64.2 Å². The molecule has 0 radical (unpaired) electrons. The largest absolute Gasteiger partial charge is 0.463 e. The van der Waals surface area contributed by atoms with E-state index in [9.17, 15) is 28.6 Å². The van der Waals surface area contributed by atoms with Crippen LogP contribution < -0.4 is 14.2 Å². The topological polar surface area (TPSA) is 181 Å². The predicted molar refractivity (Wildman–Crippen MR) is 122 cm³/mol. The first-order chi connectivity index (χ1) is 17.1. The number of nitro groups is 1. The van der Waals surface area contributed by atoms with Gasteiger partial charge < -0.3 is 18.9 Å². The lowest BCUT2D eigenvalue weighted by molar-refractivity contribution is -0.387. The van der Waals surface area contributed by atoms with Gasteiger partial charge in [-0.3, -0.25) is 10.1 Å². The van der Waals surface area contributed by atoms with Crippen LogP contribution >= 0.6 is 0 Å². The van der Waals surface area contributed by atoms with E-state index < -0.39 is 49.9 Å². The predicted octanol–water partition coefficient (Wildman–Crippen LogP) is 3.19. The van der Waals surface area contributed by atoms with Crippen LogP contribution in [0.4, 0.5) is 5.69 Å². The summed E-state index contributed by atoms with van der Waals surface area (Å²) in [6.07, 6.45) is 0.773. The summed E-state index contributed by atoms with van der Waals surface area (Å²) in [7, 11) is -4.09. The average Bonchev–Trinajstić information content (AvgIpc) is 2.82. The molecule has 0 fully saturated rings. The van der Waals surface area contributed by atoms with Crippen molar-refractivity contribution in [1.82, 2.24) is 9.97 Å². The molecule has 1 aromatic heterocycles. The van der Waals surface area contributed by atoms with E-state index >= 15 is 0 Å². The second-order valence-electron chi connectivity index (χ2n) is 6.91. The zero-order valence-electron chi connectivity index (χ0n) is 18.9. The normalized spacial score (nSPS) is 10.7. The second-order valence-corrected chi connectivity index (χ2v) is 8.82. The number of para-hydroxylation sites is 1. The van der Waals surface area contributed by atoms with Gasteiger partial charge in [0.05, 0.1) is 23.2 Å². The fourth-order valence-electron chi connectivity index (χ4n) is 2.71. The molecule has 2 aromatic carbocycles. The molecule has 0 amide bonds. The molecular formula is C22H18N4O9S. The Balaban J connectivity index is 2.07. The zero-order chi connectivity index (χ0) is 26.3. The molecule has 186 valence electrons. The number of ether oxygens (including phenoxy) is 4. The minimum absolute atomic E-state index is 0.0274. The molecule has 0 aliphatic heterocycles. The van der Waals surface area contributed by atoms with Gasteiger partial charge in [-0.05, 0) is 31.2 Å². The molecule has 0 bridgehead atoms. The van der Waals surface area contributed by atoms with Gasteiger partial charge >= 0.3 is 23.4 Å². The Bertz CT molecular complexity index is 1440. The standard InChI is InChI=1S/C22H18N4O9S/c1-3-32-18(27)13-33-20-19(26(28)29)21(25-22(24-20)36(2,30)31)35-17-10-14(12-23)9-16(11-17)34-15-7-5-4-6-8-15/h4-11H,3,13H2,1-2H3. The van der Waals surface area contributed by atoms with Gasteiger partial charge in [0.15, 0.2) is 6.61 Å². The number of carbonyl (C=O) groups excluding carboxylic acids is 1. The quantitative estimate of drug-likeness (QED) is 0.167. The molecule has 14 heteroatoms. The summed E-state index contributed by atoms with van der Waals surface area (Å²) in [5, 5.41) is 20.4. The Morgan fingerprint density at radius 3 is 2.28 bits per heavy atom. The Labute approximate surface area is 204 Å². The van der Waals surface area contributed by atoms with E-state index in [1.807, 2.05) is 6.07 Å². The summed E-state index contributed by atoms with van der Waals surface area (Å²) in [4.78, 5) is 29.8. The summed E-state index contributed by atoms with van der Waals surface area (Å²) < 4.78 is 45.2. The van der Waals surface area contributed by atoms with Crippen LogP contribution in [0.1, 0.15) is 12.5 Å². The zero-order valence-corrected chi connectivity index (χ0v) is 19.7. The monoisotopic (exact) mass is 514 g/mol. The van der Waals surface area contributed by atoms with Gasteiger partial charge in [0.2, 0.25) is 9.84 Å². The third kappa shape index (κ3) is 6.64. The molecule has 0 spiro atoms. The number of hydrogen-bond donors (Lipinski definition) is 0. The lowest BCUT2D eigenvalue weighted by Crippen LogP contribution is -2.17. The first kappa shape index (κ1) is 25.8. The number of aromatic nitrogens is 2. The number of sulfone groups is 1. The highest BCUT2D eigenvalue weighted by Gasteiger charge is 2.32. The molecular weight excluding hydrogens is 496 g/mol. The number of benzene rings is 2. The van der Waals surface area contributed by atoms with Crippen molar-refractivity contribution in [3.8, 4) is 35.1 Å². The van der Waals surface area contributed by atoms with Crippen molar-refractivity contribution in [1.29, 1.82) is 5.26 Å². The molecule has 0 saturated carbocycles. The maximum absolute atomic E-state index is 12.1. The van der Waals surface area contributed by atoms with E-state index in [1.165, 1.54) is 18.2 Å². The summed E-state index contributed by atoms with van der Waals surface area (Å²) >= 11 is 0. The third-order valence-corrected chi connectivity index (χ3v) is 4.99. The molecule has 0 N–H and O–H groups in total. The van der Waals surface area contributed by atoms with Gasteiger partial charge in [-0.15, -0.1) is 0 Å². The van der Waals surface area contributed by atoms with Gasteiger partial charge in [-0.25, -0.2) is 13.2 Å². The van der Waals surface area contributed by atoms with Crippen molar-refractivity contribution in [2.24, 2.45) is 0 Å². The number of carbonyl (C=O) groups is 1. The Hall–Kier alpha value is -4.77. The highest BCUT2D eigenvalue weighted by atomic mass is 32.2. The van der Waals surface area contributed by atoms with Gasteiger partial charge in [0, 0.05) is 12.3 Å². The average molecular weight is 514 g/mol.